The van der Waals surface area contributed by atoms with E-state index in [4.69, 9.17) is 26.8 Å². The molecule has 0 bridgehead atoms. The van der Waals surface area contributed by atoms with Crippen LogP contribution in [0.5, 0.6) is 5.75 Å². The van der Waals surface area contributed by atoms with Crippen molar-refractivity contribution in [1.82, 2.24) is 0 Å². The summed E-state index contributed by atoms with van der Waals surface area (Å²) in [5, 5.41) is 0.374. The number of ketones is 1. The number of Topliss-reactive ketones (excluding diaryl/α,β-unsaturated/α-hetero) is 1. The normalized spacial score (nSPS) is 10.3. The summed E-state index contributed by atoms with van der Waals surface area (Å²) in [6, 6.07) is 9.57. The molecule has 0 spiro atoms. The summed E-state index contributed by atoms with van der Waals surface area (Å²) in [7, 11) is 0. The lowest BCUT2D eigenvalue weighted by Crippen LogP contribution is -2.08. The molecule has 0 aliphatic rings. The molecule has 24 heavy (non-hydrogen) atoms. The van der Waals surface area contributed by atoms with E-state index in [1.54, 1.807) is 18.2 Å². The molecule has 0 aliphatic carbocycles. The van der Waals surface area contributed by atoms with Gasteiger partial charge in [-0.15, -0.1) is 0 Å². The molecule has 0 unspecified atom stereocenters. The predicted molar refractivity (Wildman–Crippen MR) is 92.6 cm³/mol. The highest BCUT2D eigenvalue weighted by Crippen LogP contribution is 2.23. The van der Waals surface area contributed by atoms with Gasteiger partial charge in [0.25, 0.3) is 0 Å². The molecule has 5 nitrogen and oxygen atoms in total. The van der Waals surface area contributed by atoms with Crippen LogP contribution in [0.25, 0.3) is 0 Å². The zero-order valence-corrected chi connectivity index (χ0v) is 14.2. The van der Waals surface area contributed by atoms with Crippen LogP contribution in [0.2, 0.25) is 5.02 Å². The van der Waals surface area contributed by atoms with E-state index >= 15 is 0 Å². The quantitative estimate of drug-likeness (QED) is 0.487. The van der Waals surface area contributed by atoms with Crippen LogP contribution in [0.3, 0.4) is 0 Å². The third-order valence-electron chi connectivity index (χ3n) is 3.36. The first-order valence-corrected chi connectivity index (χ1v) is 7.79. The number of nitrogens with two attached hydrogens (primary N) is 1. The third-order valence-corrected chi connectivity index (χ3v) is 3.70. The number of benzene rings is 2. The van der Waals surface area contributed by atoms with Crippen molar-refractivity contribution in [3.05, 3.63) is 58.1 Å². The van der Waals surface area contributed by atoms with Crippen molar-refractivity contribution in [2.45, 2.75) is 20.5 Å². The highest BCUT2D eigenvalue weighted by atomic mass is 35.5. The van der Waals surface area contributed by atoms with Crippen LogP contribution >= 0.6 is 11.6 Å². The average molecular weight is 348 g/mol. The van der Waals surface area contributed by atoms with E-state index in [9.17, 15) is 9.59 Å². The number of hydrogen-bond donors (Lipinski definition) is 1. The number of hydrogen-bond acceptors (Lipinski definition) is 5. The fraction of sp³-hybridized carbons (Fsp3) is 0.222. The van der Waals surface area contributed by atoms with Gasteiger partial charge in [-0.3, -0.25) is 4.79 Å². The van der Waals surface area contributed by atoms with Gasteiger partial charge in [-0.2, -0.15) is 0 Å². The molecule has 0 amide bonds. The van der Waals surface area contributed by atoms with Crippen molar-refractivity contribution in [3.8, 4) is 5.75 Å². The Morgan fingerprint density at radius 2 is 1.83 bits per heavy atom. The molecule has 0 radical (unpaired) electrons. The van der Waals surface area contributed by atoms with Crippen LogP contribution < -0.4 is 10.5 Å². The number of anilines is 1. The van der Waals surface area contributed by atoms with E-state index in [1.165, 1.54) is 25.1 Å². The lowest BCUT2D eigenvalue weighted by molar-refractivity contribution is 0.0469. The van der Waals surface area contributed by atoms with Crippen LogP contribution in [-0.2, 0) is 11.3 Å². The Kier molecular flexibility index (Phi) is 5.82. The number of nitrogen functional groups attached to an aromatic ring is 1. The maximum atomic E-state index is 12.1. The van der Waals surface area contributed by atoms with Crippen LogP contribution in [-0.4, -0.2) is 18.4 Å². The van der Waals surface area contributed by atoms with Gasteiger partial charge < -0.3 is 15.2 Å². The van der Waals surface area contributed by atoms with Gasteiger partial charge in [-0.1, -0.05) is 11.6 Å². The fourth-order valence-electron chi connectivity index (χ4n) is 2.10. The molecule has 0 atom stereocenters. The molecule has 2 N–H and O–H groups in total. The van der Waals surface area contributed by atoms with Crippen LogP contribution in [0.4, 0.5) is 5.69 Å². The molecule has 126 valence electrons. The highest BCUT2D eigenvalue weighted by Gasteiger charge is 2.13. The van der Waals surface area contributed by atoms with Crippen molar-refractivity contribution in [2.24, 2.45) is 0 Å². The first kappa shape index (κ1) is 17.8. The molecule has 0 saturated carbocycles. The smallest absolute Gasteiger partial charge is 0.338 e. The van der Waals surface area contributed by atoms with Gasteiger partial charge in [0.1, 0.15) is 12.4 Å². The van der Waals surface area contributed by atoms with E-state index in [2.05, 4.69) is 0 Å². The SMILES string of the molecule is CCOc1ccc(C(C)=O)cc1COC(=O)c1ccc(Cl)c(N)c1. The van der Waals surface area contributed by atoms with E-state index in [0.717, 1.165) is 0 Å². The Morgan fingerprint density at radius 1 is 1.12 bits per heavy atom. The monoisotopic (exact) mass is 347 g/mol. The number of halogens is 1. The third kappa shape index (κ3) is 4.26. The van der Waals surface area contributed by atoms with E-state index in [1.807, 2.05) is 6.92 Å². The van der Waals surface area contributed by atoms with Gasteiger partial charge in [-0.25, -0.2) is 4.79 Å². The summed E-state index contributed by atoms with van der Waals surface area (Å²) in [5.41, 5.74) is 7.45. The molecule has 2 rings (SSSR count). The summed E-state index contributed by atoms with van der Waals surface area (Å²) in [6.07, 6.45) is 0. The van der Waals surface area contributed by atoms with Gasteiger partial charge in [-0.05, 0) is 50.2 Å². The summed E-state index contributed by atoms with van der Waals surface area (Å²) >= 11 is 5.84. The Balaban J connectivity index is 2.17. The molecular formula is C18H18ClNO4. The van der Waals surface area contributed by atoms with Crippen LogP contribution in [0.15, 0.2) is 36.4 Å². The highest BCUT2D eigenvalue weighted by molar-refractivity contribution is 6.33. The zero-order valence-electron chi connectivity index (χ0n) is 13.5. The fourth-order valence-corrected chi connectivity index (χ4v) is 2.22. The minimum Gasteiger partial charge on any atom is -0.493 e. The first-order valence-electron chi connectivity index (χ1n) is 7.41. The second kappa shape index (κ2) is 7.84. The summed E-state index contributed by atoms with van der Waals surface area (Å²) in [5.74, 6) is -0.0314. The summed E-state index contributed by atoms with van der Waals surface area (Å²) in [4.78, 5) is 23.7. The maximum Gasteiger partial charge on any atom is 0.338 e. The maximum absolute atomic E-state index is 12.1. The zero-order chi connectivity index (χ0) is 17.7. The lowest BCUT2D eigenvalue weighted by atomic mass is 10.1. The number of carbonyl (C=O) groups is 2. The van der Waals surface area contributed by atoms with Crippen molar-refractivity contribution < 1.29 is 19.1 Å². The number of esters is 1. The van der Waals surface area contributed by atoms with Crippen LogP contribution in [0.1, 0.15) is 40.1 Å². The number of ether oxygens (including phenoxy) is 2. The Hall–Kier alpha value is -2.53. The Morgan fingerprint density at radius 3 is 2.46 bits per heavy atom. The van der Waals surface area contributed by atoms with Crippen molar-refractivity contribution >= 4 is 29.0 Å². The number of rotatable bonds is 6. The van der Waals surface area contributed by atoms with Gasteiger partial charge >= 0.3 is 5.97 Å². The summed E-state index contributed by atoms with van der Waals surface area (Å²) < 4.78 is 10.8. The van der Waals surface area contributed by atoms with Crippen molar-refractivity contribution in [1.29, 1.82) is 0 Å². The second-order valence-corrected chi connectivity index (χ2v) is 5.53. The molecule has 2 aromatic carbocycles. The lowest BCUT2D eigenvalue weighted by Gasteiger charge is -2.12. The summed E-state index contributed by atoms with van der Waals surface area (Å²) in [6.45, 7) is 3.78. The average Bonchev–Trinajstić information content (AvgIpc) is 2.56. The van der Waals surface area contributed by atoms with Gasteiger partial charge in [0.2, 0.25) is 0 Å². The second-order valence-electron chi connectivity index (χ2n) is 5.12. The minimum atomic E-state index is -0.533. The Labute approximate surface area is 145 Å². The topological polar surface area (TPSA) is 78.6 Å². The van der Waals surface area contributed by atoms with Gasteiger partial charge in [0, 0.05) is 11.1 Å². The van der Waals surface area contributed by atoms with Gasteiger partial charge in [0.05, 0.1) is 22.9 Å². The number of carbonyl (C=O) groups excluding carboxylic acids is 2. The predicted octanol–water partition coefficient (Wildman–Crippen LogP) is 3.88. The first-order chi connectivity index (χ1) is 11.4. The Bertz CT molecular complexity index is 774. The van der Waals surface area contributed by atoms with E-state index in [-0.39, 0.29) is 12.4 Å². The largest absolute Gasteiger partial charge is 0.493 e. The molecule has 0 aromatic heterocycles. The van der Waals surface area contributed by atoms with Crippen molar-refractivity contribution in [2.75, 3.05) is 12.3 Å². The van der Waals surface area contributed by atoms with Crippen molar-refractivity contribution in [3.63, 3.8) is 0 Å². The molecule has 0 saturated heterocycles. The minimum absolute atomic E-state index is 0.0161. The standard InChI is InChI=1S/C18H18ClNO4/c1-3-23-17-7-5-12(11(2)21)8-14(17)10-24-18(22)13-4-6-15(19)16(20)9-13/h4-9H,3,10,20H2,1-2H3. The molecular weight excluding hydrogens is 330 g/mol. The van der Waals surface area contributed by atoms with Gasteiger partial charge in [0.15, 0.2) is 5.78 Å². The van der Waals surface area contributed by atoms with Crippen LogP contribution in [0, 0.1) is 0 Å². The molecule has 2 aromatic rings. The van der Waals surface area contributed by atoms with E-state index in [0.29, 0.717) is 39.8 Å². The molecule has 0 fully saturated rings. The molecule has 0 heterocycles. The van der Waals surface area contributed by atoms with E-state index < -0.39 is 5.97 Å². The molecule has 0 aliphatic heterocycles. The molecule has 6 heteroatoms.